The van der Waals surface area contributed by atoms with E-state index in [2.05, 4.69) is 15.9 Å². The van der Waals surface area contributed by atoms with Crippen molar-refractivity contribution >= 4 is 26.7 Å². The Kier molecular flexibility index (Phi) is 3.49. The summed E-state index contributed by atoms with van der Waals surface area (Å²) in [6, 6.07) is 17.3. The zero-order valence-electron chi connectivity index (χ0n) is 10.8. The first-order valence-electron chi connectivity index (χ1n) is 6.31. The molecule has 0 unspecified atom stereocenters. The van der Waals surface area contributed by atoms with Crippen LogP contribution < -0.4 is 0 Å². The molecule has 0 N–H and O–H groups in total. The molecule has 0 aliphatic carbocycles. The molecule has 0 spiro atoms. The Balaban J connectivity index is 2.26. The van der Waals surface area contributed by atoms with E-state index in [1.165, 1.54) is 6.07 Å². The van der Waals surface area contributed by atoms with Crippen LogP contribution in [0, 0.1) is 0 Å². The third-order valence-corrected chi connectivity index (χ3v) is 3.78. The SMILES string of the molecule is FC(F)(F)c1cc(Br)cc(-c2cccc3ccccc23)c1. The highest BCUT2D eigenvalue weighted by Crippen LogP contribution is 2.36. The van der Waals surface area contributed by atoms with Crippen molar-refractivity contribution in [3.63, 3.8) is 0 Å². The van der Waals surface area contributed by atoms with Crippen LogP contribution in [0.1, 0.15) is 5.56 Å². The Morgan fingerprint density at radius 2 is 1.52 bits per heavy atom. The van der Waals surface area contributed by atoms with E-state index in [1.807, 2.05) is 42.5 Å². The predicted octanol–water partition coefficient (Wildman–Crippen LogP) is 6.29. The summed E-state index contributed by atoms with van der Waals surface area (Å²) in [7, 11) is 0. The average molecular weight is 351 g/mol. The molecule has 3 aromatic carbocycles. The molecule has 21 heavy (non-hydrogen) atoms. The van der Waals surface area contributed by atoms with Crippen LogP contribution >= 0.6 is 15.9 Å². The van der Waals surface area contributed by atoms with Gasteiger partial charge in [-0.3, -0.25) is 0 Å². The number of halogens is 4. The van der Waals surface area contributed by atoms with Gasteiger partial charge >= 0.3 is 6.18 Å². The Labute approximate surface area is 128 Å². The molecule has 0 radical (unpaired) electrons. The van der Waals surface area contributed by atoms with Gasteiger partial charge in [0.2, 0.25) is 0 Å². The van der Waals surface area contributed by atoms with Gasteiger partial charge in [-0.1, -0.05) is 58.4 Å². The summed E-state index contributed by atoms with van der Waals surface area (Å²) >= 11 is 3.17. The summed E-state index contributed by atoms with van der Waals surface area (Å²) in [5.41, 5.74) is 0.688. The summed E-state index contributed by atoms with van der Waals surface area (Å²) in [6.07, 6.45) is -4.36. The molecule has 3 rings (SSSR count). The molecular formula is C17H10BrF3. The number of benzene rings is 3. The monoisotopic (exact) mass is 350 g/mol. The van der Waals surface area contributed by atoms with Gasteiger partial charge < -0.3 is 0 Å². The molecule has 3 aromatic rings. The van der Waals surface area contributed by atoms with Crippen molar-refractivity contribution < 1.29 is 13.2 Å². The number of alkyl halides is 3. The topological polar surface area (TPSA) is 0 Å². The van der Waals surface area contributed by atoms with Crippen LogP contribution in [0.25, 0.3) is 21.9 Å². The smallest absolute Gasteiger partial charge is 0.166 e. The predicted molar refractivity (Wildman–Crippen MR) is 82.1 cm³/mol. The standard InChI is InChI=1S/C17H10BrF3/c18-14-9-12(8-13(10-14)17(19,20)21)16-7-3-5-11-4-1-2-6-15(11)16/h1-10H. The fraction of sp³-hybridized carbons (Fsp3) is 0.0588. The summed E-state index contributed by atoms with van der Waals surface area (Å²) in [5.74, 6) is 0. The largest absolute Gasteiger partial charge is 0.416 e. The normalized spacial score (nSPS) is 11.8. The third kappa shape index (κ3) is 2.81. The fourth-order valence-corrected chi connectivity index (χ4v) is 2.88. The quantitative estimate of drug-likeness (QED) is 0.483. The van der Waals surface area contributed by atoms with E-state index < -0.39 is 11.7 Å². The Morgan fingerprint density at radius 3 is 2.29 bits per heavy atom. The van der Waals surface area contributed by atoms with Crippen molar-refractivity contribution in [3.05, 3.63) is 70.7 Å². The lowest BCUT2D eigenvalue weighted by Gasteiger charge is -2.12. The van der Waals surface area contributed by atoms with Crippen LogP contribution in [0.5, 0.6) is 0 Å². The maximum absolute atomic E-state index is 13.0. The average Bonchev–Trinajstić information content (AvgIpc) is 2.45. The zero-order valence-corrected chi connectivity index (χ0v) is 12.4. The van der Waals surface area contributed by atoms with Crippen molar-refractivity contribution in [2.45, 2.75) is 6.18 Å². The summed E-state index contributed by atoms with van der Waals surface area (Å²) in [4.78, 5) is 0. The van der Waals surface area contributed by atoms with E-state index in [0.29, 0.717) is 10.0 Å². The van der Waals surface area contributed by atoms with Crippen LogP contribution in [0.15, 0.2) is 65.1 Å². The van der Waals surface area contributed by atoms with Crippen LogP contribution in [0.2, 0.25) is 0 Å². The second-order valence-electron chi connectivity index (χ2n) is 4.75. The van der Waals surface area contributed by atoms with Gasteiger partial charge in [0, 0.05) is 4.47 Å². The van der Waals surface area contributed by atoms with Crippen LogP contribution in [0.4, 0.5) is 13.2 Å². The molecular weight excluding hydrogens is 341 g/mol. The van der Waals surface area contributed by atoms with Crippen LogP contribution in [0.3, 0.4) is 0 Å². The summed E-state index contributed by atoms with van der Waals surface area (Å²) < 4.78 is 39.3. The first-order chi connectivity index (χ1) is 9.95. The Bertz CT molecular complexity index is 801. The van der Waals surface area contributed by atoms with Crippen molar-refractivity contribution in [2.75, 3.05) is 0 Å². The second kappa shape index (κ2) is 5.19. The minimum Gasteiger partial charge on any atom is -0.166 e. The molecule has 0 heterocycles. The van der Waals surface area contributed by atoms with E-state index >= 15 is 0 Å². The third-order valence-electron chi connectivity index (χ3n) is 3.33. The van der Waals surface area contributed by atoms with E-state index in [-0.39, 0.29) is 0 Å². The van der Waals surface area contributed by atoms with Gasteiger partial charge in [-0.05, 0) is 40.1 Å². The number of fused-ring (bicyclic) bond motifs is 1. The highest BCUT2D eigenvalue weighted by molar-refractivity contribution is 9.10. The summed E-state index contributed by atoms with van der Waals surface area (Å²) in [5, 5.41) is 1.94. The fourth-order valence-electron chi connectivity index (χ4n) is 2.39. The summed E-state index contributed by atoms with van der Waals surface area (Å²) in [6.45, 7) is 0. The van der Waals surface area contributed by atoms with Gasteiger partial charge in [0.15, 0.2) is 0 Å². The number of hydrogen-bond acceptors (Lipinski definition) is 0. The highest BCUT2D eigenvalue weighted by Gasteiger charge is 2.31. The molecule has 0 saturated heterocycles. The molecule has 0 bridgehead atoms. The van der Waals surface area contributed by atoms with E-state index in [9.17, 15) is 13.2 Å². The van der Waals surface area contributed by atoms with E-state index in [4.69, 9.17) is 0 Å². The number of hydrogen-bond donors (Lipinski definition) is 0. The van der Waals surface area contributed by atoms with E-state index in [1.54, 1.807) is 6.07 Å². The lowest BCUT2D eigenvalue weighted by Crippen LogP contribution is -2.05. The Hall–Kier alpha value is -1.81. The van der Waals surface area contributed by atoms with Crippen molar-refractivity contribution in [1.29, 1.82) is 0 Å². The first-order valence-corrected chi connectivity index (χ1v) is 7.10. The minimum absolute atomic E-state index is 0.417. The lowest BCUT2D eigenvalue weighted by atomic mass is 9.97. The van der Waals surface area contributed by atoms with Crippen LogP contribution in [-0.2, 0) is 6.18 Å². The molecule has 0 nitrogen and oxygen atoms in total. The Morgan fingerprint density at radius 1 is 0.810 bits per heavy atom. The molecule has 106 valence electrons. The zero-order chi connectivity index (χ0) is 15.0. The lowest BCUT2D eigenvalue weighted by molar-refractivity contribution is -0.137. The van der Waals surface area contributed by atoms with Crippen molar-refractivity contribution in [3.8, 4) is 11.1 Å². The molecule has 4 heteroatoms. The van der Waals surface area contributed by atoms with Crippen LogP contribution in [-0.4, -0.2) is 0 Å². The molecule has 0 aliphatic heterocycles. The van der Waals surface area contributed by atoms with Gasteiger partial charge in [-0.25, -0.2) is 0 Å². The maximum atomic E-state index is 13.0. The molecule has 0 atom stereocenters. The van der Waals surface area contributed by atoms with Gasteiger partial charge in [0.25, 0.3) is 0 Å². The molecule has 0 saturated carbocycles. The van der Waals surface area contributed by atoms with Crippen molar-refractivity contribution in [1.82, 2.24) is 0 Å². The minimum atomic E-state index is -4.36. The second-order valence-corrected chi connectivity index (χ2v) is 5.67. The molecule has 0 aliphatic rings. The van der Waals surface area contributed by atoms with Gasteiger partial charge in [0.05, 0.1) is 5.56 Å². The number of rotatable bonds is 1. The first kappa shape index (κ1) is 14.1. The highest BCUT2D eigenvalue weighted by atomic mass is 79.9. The van der Waals surface area contributed by atoms with Gasteiger partial charge in [-0.15, -0.1) is 0 Å². The molecule has 0 amide bonds. The molecule has 0 aromatic heterocycles. The van der Waals surface area contributed by atoms with Gasteiger partial charge in [-0.2, -0.15) is 13.2 Å². The van der Waals surface area contributed by atoms with Crippen molar-refractivity contribution in [2.24, 2.45) is 0 Å². The molecule has 0 fully saturated rings. The van der Waals surface area contributed by atoms with E-state index in [0.717, 1.165) is 22.4 Å². The maximum Gasteiger partial charge on any atom is 0.416 e. The van der Waals surface area contributed by atoms with Gasteiger partial charge in [0.1, 0.15) is 0 Å².